The largest absolute Gasteiger partial charge is 0.454 e. The Morgan fingerprint density at radius 2 is 1.92 bits per heavy atom. The standard InChI is InChI=1S/C25H27F2N7O3/c1-25(2,3)20-12-21(33(4)32-20)31-24(36)30-17-5-6-19(23(27)22(17)26)37-16-7-8-28-18(11-16)15-13-29-34(14-15)9-10-35/h5-8,11-14,35H,9-10H2,1-4H3,(H2,30,31,36). The fourth-order valence-corrected chi connectivity index (χ4v) is 3.41. The Kier molecular flexibility index (Phi) is 7.21. The summed E-state index contributed by atoms with van der Waals surface area (Å²) in [4.78, 5) is 16.7. The summed E-state index contributed by atoms with van der Waals surface area (Å²) < 4.78 is 38.2. The third-order valence-corrected chi connectivity index (χ3v) is 5.40. The molecule has 0 fully saturated rings. The van der Waals surface area contributed by atoms with Gasteiger partial charge in [0.15, 0.2) is 11.6 Å². The summed E-state index contributed by atoms with van der Waals surface area (Å²) in [5.74, 6) is -2.27. The van der Waals surface area contributed by atoms with Crippen LogP contribution < -0.4 is 15.4 Å². The minimum Gasteiger partial charge on any atom is -0.454 e. The summed E-state index contributed by atoms with van der Waals surface area (Å²) in [5.41, 5.74) is 1.35. The molecule has 2 amide bonds. The van der Waals surface area contributed by atoms with Crippen molar-refractivity contribution < 1.29 is 23.4 Å². The van der Waals surface area contributed by atoms with Crippen LogP contribution in [0.3, 0.4) is 0 Å². The number of rotatable bonds is 7. The summed E-state index contributed by atoms with van der Waals surface area (Å²) in [7, 11) is 1.67. The molecule has 3 heterocycles. The number of aliphatic hydroxyl groups is 1. The van der Waals surface area contributed by atoms with E-state index in [2.05, 4.69) is 25.8 Å². The smallest absolute Gasteiger partial charge is 0.324 e. The number of carbonyl (C=O) groups is 1. The van der Waals surface area contributed by atoms with Crippen molar-refractivity contribution in [1.29, 1.82) is 0 Å². The lowest BCUT2D eigenvalue weighted by Gasteiger charge is -2.13. The number of nitrogens with one attached hydrogen (secondary N) is 2. The fourth-order valence-electron chi connectivity index (χ4n) is 3.41. The Bertz CT molecular complexity index is 1430. The molecule has 0 aliphatic carbocycles. The maximum atomic E-state index is 14.8. The SMILES string of the molecule is Cn1nc(C(C)(C)C)cc1NC(=O)Nc1ccc(Oc2ccnc(-c3cnn(CCO)c3)c2)c(F)c1F. The average molecular weight is 512 g/mol. The van der Waals surface area contributed by atoms with Gasteiger partial charge in [-0.25, -0.2) is 9.18 Å². The van der Waals surface area contributed by atoms with Crippen molar-refractivity contribution in [1.82, 2.24) is 24.5 Å². The minimum atomic E-state index is -1.27. The molecule has 3 N–H and O–H groups in total. The number of aliphatic hydroxyl groups excluding tert-OH is 1. The van der Waals surface area contributed by atoms with E-state index in [0.29, 0.717) is 23.6 Å². The van der Waals surface area contributed by atoms with Crippen LogP contribution in [0.1, 0.15) is 26.5 Å². The van der Waals surface area contributed by atoms with Gasteiger partial charge < -0.3 is 15.2 Å². The predicted octanol–water partition coefficient (Wildman–Crippen LogP) is 4.68. The zero-order valence-corrected chi connectivity index (χ0v) is 20.8. The highest BCUT2D eigenvalue weighted by atomic mass is 19.2. The Labute approximate surface area is 211 Å². The molecule has 0 saturated heterocycles. The number of hydrogen-bond acceptors (Lipinski definition) is 6. The van der Waals surface area contributed by atoms with Crippen LogP contribution in [-0.2, 0) is 19.0 Å². The fraction of sp³-hybridized carbons (Fsp3) is 0.280. The molecule has 10 nitrogen and oxygen atoms in total. The molecule has 0 atom stereocenters. The van der Waals surface area contributed by atoms with Gasteiger partial charge in [0.1, 0.15) is 11.6 Å². The van der Waals surface area contributed by atoms with Crippen molar-refractivity contribution in [3.8, 4) is 22.8 Å². The topological polar surface area (TPSA) is 119 Å². The van der Waals surface area contributed by atoms with Crippen LogP contribution in [0.5, 0.6) is 11.5 Å². The third-order valence-electron chi connectivity index (χ3n) is 5.40. The van der Waals surface area contributed by atoms with Gasteiger partial charge in [0.2, 0.25) is 5.82 Å². The van der Waals surface area contributed by atoms with Crippen molar-refractivity contribution >= 4 is 17.5 Å². The molecule has 37 heavy (non-hydrogen) atoms. The molecule has 0 saturated carbocycles. The van der Waals surface area contributed by atoms with Gasteiger partial charge in [-0.3, -0.25) is 19.7 Å². The molecule has 1 aromatic carbocycles. The first kappa shape index (κ1) is 25.8. The number of anilines is 2. The Balaban J connectivity index is 1.46. The number of urea groups is 1. The zero-order chi connectivity index (χ0) is 26.7. The van der Waals surface area contributed by atoms with Crippen molar-refractivity contribution in [2.24, 2.45) is 7.05 Å². The van der Waals surface area contributed by atoms with Gasteiger partial charge >= 0.3 is 6.03 Å². The van der Waals surface area contributed by atoms with Crippen LogP contribution in [0.4, 0.5) is 25.1 Å². The summed E-state index contributed by atoms with van der Waals surface area (Å²) >= 11 is 0. The Hall–Kier alpha value is -4.32. The molecule has 0 aliphatic rings. The van der Waals surface area contributed by atoms with Crippen LogP contribution in [0.25, 0.3) is 11.3 Å². The van der Waals surface area contributed by atoms with E-state index in [-0.39, 0.29) is 29.2 Å². The molecule has 0 radical (unpaired) electrons. The second kappa shape index (κ2) is 10.3. The number of carbonyl (C=O) groups excluding carboxylic acids is 1. The molecule has 3 aromatic heterocycles. The highest BCUT2D eigenvalue weighted by Crippen LogP contribution is 2.31. The normalized spacial score (nSPS) is 11.4. The number of aryl methyl sites for hydroxylation is 1. The van der Waals surface area contributed by atoms with Crippen LogP contribution in [0.2, 0.25) is 0 Å². The average Bonchev–Trinajstić information content (AvgIpc) is 3.46. The van der Waals surface area contributed by atoms with E-state index >= 15 is 0 Å². The van der Waals surface area contributed by atoms with Crippen LogP contribution in [0.15, 0.2) is 48.9 Å². The van der Waals surface area contributed by atoms with Gasteiger partial charge in [-0.2, -0.15) is 14.6 Å². The number of amides is 2. The van der Waals surface area contributed by atoms with Crippen LogP contribution >= 0.6 is 0 Å². The highest BCUT2D eigenvalue weighted by molar-refractivity contribution is 5.99. The molecule has 0 unspecified atom stereocenters. The minimum absolute atomic E-state index is 0.0590. The lowest BCUT2D eigenvalue weighted by atomic mass is 9.92. The lowest BCUT2D eigenvalue weighted by molar-refractivity contribution is 0.261. The summed E-state index contributed by atoms with van der Waals surface area (Å²) in [5, 5.41) is 22.4. The Morgan fingerprint density at radius 3 is 2.62 bits per heavy atom. The molecule has 194 valence electrons. The van der Waals surface area contributed by atoms with E-state index < -0.39 is 17.7 Å². The first-order chi connectivity index (χ1) is 17.5. The predicted molar refractivity (Wildman–Crippen MR) is 134 cm³/mol. The molecular weight excluding hydrogens is 484 g/mol. The van der Waals surface area contributed by atoms with Crippen molar-refractivity contribution in [2.45, 2.75) is 32.7 Å². The molecule has 0 aliphatic heterocycles. The van der Waals surface area contributed by atoms with E-state index in [0.717, 1.165) is 5.69 Å². The number of pyridine rings is 1. The van der Waals surface area contributed by atoms with E-state index in [1.54, 1.807) is 36.3 Å². The van der Waals surface area contributed by atoms with Gasteiger partial charge in [0.25, 0.3) is 0 Å². The first-order valence-corrected chi connectivity index (χ1v) is 11.4. The number of nitrogens with zero attached hydrogens (tertiary/aromatic N) is 5. The Morgan fingerprint density at radius 1 is 1.14 bits per heavy atom. The van der Waals surface area contributed by atoms with Gasteiger partial charge in [-0.05, 0) is 18.2 Å². The van der Waals surface area contributed by atoms with Gasteiger partial charge in [-0.1, -0.05) is 20.8 Å². The van der Waals surface area contributed by atoms with E-state index in [1.807, 2.05) is 20.8 Å². The molecule has 12 heteroatoms. The number of halogens is 2. The molecule has 4 rings (SSSR count). The number of ether oxygens (including phenoxy) is 1. The molecular formula is C25H27F2N7O3. The first-order valence-electron chi connectivity index (χ1n) is 11.4. The van der Waals surface area contributed by atoms with E-state index in [9.17, 15) is 13.6 Å². The second-order valence-electron chi connectivity index (χ2n) is 9.30. The highest BCUT2D eigenvalue weighted by Gasteiger charge is 2.21. The second-order valence-corrected chi connectivity index (χ2v) is 9.30. The van der Waals surface area contributed by atoms with Gasteiger partial charge in [0.05, 0.1) is 36.4 Å². The zero-order valence-electron chi connectivity index (χ0n) is 20.8. The van der Waals surface area contributed by atoms with Crippen molar-refractivity contribution in [2.75, 3.05) is 17.2 Å². The van der Waals surface area contributed by atoms with Crippen molar-refractivity contribution in [3.63, 3.8) is 0 Å². The monoisotopic (exact) mass is 511 g/mol. The van der Waals surface area contributed by atoms with E-state index in [4.69, 9.17) is 9.84 Å². The number of aromatic nitrogens is 5. The maximum Gasteiger partial charge on any atom is 0.324 e. The lowest BCUT2D eigenvalue weighted by Crippen LogP contribution is -2.22. The summed E-state index contributed by atoms with van der Waals surface area (Å²) in [6, 6.07) is 6.44. The van der Waals surface area contributed by atoms with Gasteiger partial charge in [0, 0.05) is 42.6 Å². The van der Waals surface area contributed by atoms with Crippen LogP contribution in [0, 0.1) is 11.6 Å². The molecule has 0 bridgehead atoms. The molecule has 0 spiro atoms. The number of benzene rings is 1. The van der Waals surface area contributed by atoms with Gasteiger partial charge in [-0.15, -0.1) is 0 Å². The molecule has 4 aromatic rings. The number of hydrogen-bond donors (Lipinski definition) is 3. The summed E-state index contributed by atoms with van der Waals surface area (Å²) in [6.07, 6.45) is 4.73. The van der Waals surface area contributed by atoms with Crippen LogP contribution in [-0.4, -0.2) is 42.3 Å². The third kappa shape index (κ3) is 5.92. The summed E-state index contributed by atoms with van der Waals surface area (Å²) in [6.45, 7) is 6.23. The quantitative estimate of drug-likeness (QED) is 0.331. The van der Waals surface area contributed by atoms with Crippen molar-refractivity contribution in [3.05, 3.63) is 66.3 Å². The van der Waals surface area contributed by atoms with E-state index in [1.165, 1.54) is 29.1 Å². The maximum absolute atomic E-state index is 14.8.